The highest BCUT2D eigenvalue weighted by Crippen LogP contribution is 2.19. The minimum atomic E-state index is -2.16. The fourth-order valence-electron chi connectivity index (χ4n) is 0.969. The zero-order valence-corrected chi connectivity index (χ0v) is 7.58. The molecule has 72 valence electrons. The summed E-state index contributed by atoms with van der Waals surface area (Å²) in [4.78, 5) is 0. The summed E-state index contributed by atoms with van der Waals surface area (Å²) >= 11 is -2.16. The Labute approximate surface area is 78.1 Å². The van der Waals surface area contributed by atoms with Crippen LogP contribution in [0.3, 0.4) is 0 Å². The highest BCUT2D eigenvalue weighted by molar-refractivity contribution is 7.78. The molecule has 0 fully saturated rings. The second-order valence-corrected chi connectivity index (χ2v) is 3.47. The standard InChI is InChI=1S/C8H10O4S/c9-4-7-2-1-6(3-8(7)10)5-13(11)12/h1-3,9-10H,4-5H2,(H,11,12)/p-1. The van der Waals surface area contributed by atoms with Crippen LogP contribution in [0.25, 0.3) is 0 Å². The van der Waals surface area contributed by atoms with Gasteiger partial charge in [0.1, 0.15) is 5.75 Å². The van der Waals surface area contributed by atoms with E-state index in [0.29, 0.717) is 11.1 Å². The van der Waals surface area contributed by atoms with Crippen LogP contribution in [0.4, 0.5) is 0 Å². The van der Waals surface area contributed by atoms with Gasteiger partial charge in [0.25, 0.3) is 0 Å². The van der Waals surface area contributed by atoms with Gasteiger partial charge >= 0.3 is 0 Å². The molecular weight excluding hydrogens is 192 g/mol. The lowest BCUT2D eigenvalue weighted by Crippen LogP contribution is -1.94. The Balaban J connectivity index is 2.89. The number of hydrogen-bond donors (Lipinski definition) is 2. The molecule has 0 radical (unpaired) electrons. The number of aliphatic hydroxyl groups excluding tert-OH is 1. The average molecular weight is 201 g/mol. The third-order valence-corrected chi connectivity index (χ3v) is 2.17. The molecule has 0 saturated heterocycles. The summed E-state index contributed by atoms with van der Waals surface area (Å²) < 4.78 is 20.6. The first-order chi connectivity index (χ1) is 6.13. The molecule has 1 unspecified atom stereocenters. The molecule has 0 aromatic heterocycles. The lowest BCUT2D eigenvalue weighted by molar-refractivity contribution is 0.275. The summed E-state index contributed by atoms with van der Waals surface area (Å²) in [6.07, 6.45) is 0. The van der Waals surface area contributed by atoms with E-state index in [1.165, 1.54) is 12.1 Å². The first-order valence-electron chi connectivity index (χ1n) is 3.61. The number of rotatable bonds is 3. The Hall–Kier alpha value is -0.910. The molecule has 1 rings (SSSR count). The van der Waals surface area contributed by atoms with Gasteiger partial charge in [-0.3, -0.25) is 4.21 Å². The smallest absolute Gasteiger partial charge is 0.121 e. The Morgan fingerprint density at radius 2 is 2.15 bits per heavy atom. The fraction of sp³-hybridized carbons (Fsp3) is 0.250. The molecule has 0 amide bonds. The van der Waals surface area contributed by atoms with E-state index in [1.54, 1.807) is 6.07 Å². The minimum absolute atomic E-state index is 0.0783. The van der Waals surface area contributed by atoms with Crippen molar-refractivity contribution in [2.75, 3.05) is 0 Å². The Kier molecular flexibility index (Phi) is 3.41. The highest BCUT2D eigenvalue weighted by Gasteiger charge is 2.00. The highest BCUT2D eigenvalue weighted by atomic mass is 32.2. The second kappa shape index (κ2) is 4.36. The topological polar surface area (TPSA) is 80.6 Å². The maximum absolute atomic E-state index is 10.3. The van der Waals surface area contributed by atoms with Crippen molar-refractivity contribution < 1.29 is 19.0 Å². The predicted molar refractivity (Wildman–Crippen MR) is 46.7 cm³/mol. The van der Waals surface area contributed by atoms with E-state index in [4.69, 9.17) is 5.11 Å². The summed E-state index contributed by atoms with van der Waals surface area (Å²) in [5.74, 6) is -0.204. The van der Waals surface area contributed by atoms with Crippen molar-refractivity contribution in [2.24, 2.45) is 0 Å². The molecule has 0 aliphatic carbocycles. The zero-order chi connectivity index (χ0) is 9.84. The van der Waals surface area contributed by atoms with Crippen molar-refractivity contribution in [3.8, 4) is 5.75 Å². The summed E-state index contributed by atoms with van der Waals surface area (Å²) in [6, 6.07) is 4.39. The first kappa shape index (κ1) is 10.2. The van der Waals surface area contributed by atoms with Gasteiger partial charge < -0.3 is 14.8 Å². The maximum Gasteiger partial charge on any atom is 0.121 e. The molecule has 0 bridgehead atoms. The Morgan fingerprint density at radius 1 is 1.46 bits per heavy atom. The summed E-state index contributed by atoms with van der Waals surface area (Å²) in [6.45, 7) is -0.257. The van der Waals surface area contributed by atoms with Crippen molar-refractivity contribution in [3.05, 3.63) is 29.3 Å². The van der Waals surface area contributed by atoms with E-state index in [0.717, 1.165) is 0 Å². The molecule has 4 nitrogen and oxygen atoms in total. The normalized spacial score (nSPS) is 12.8. The van der Waals surface area contributed by atoms with E-state index in [1.807, 2.05) is 0 Å². The minimum Gasteiger partial charge on any atom is -0.772 e. The molecule has 0 aliphatic heterocycles. The van der Waals surface area contributed by atoms with E-state index in [2.05, 4.69) is 0 Å². The van der Waals surface area contributed by atoms with Gasteiger partial charge in [-0.1, -0.05) is 23.2 Å². The quantitative estimate of drug-likeness (QED) is 0.687. The fourth-order valence-corrected chi connectivity index (χ4v) is 1.42. The molecular formula is C8H9O4S-. The molecule has 0 aliphatic rings. The third-order valence-electron chi connectivity index (χ3n) is 1.60. The second-order valence-electron chi connectivity index (χ2n) is 2.57. The van der Waals surface area contributed by atoms with Gasteiger partial charge in [-0.05, 0) is 11.6 Å². The predicted octanol–water partition coefficient (Wildman–Crippen LogP) is 0.264. The molecule has 2 N–H and O–H groups in total. The third kappa shape index (κ3) is 2.80. The van der Waals surface area contributed by atoms with Gasteiger partial charge in [-0.2, -0.15) is 0 Å². The molecule has 1 atom stereocenters. The van der Waals surface area contributed by atoms with Gasteiger partial charge in [0.15, 0.2) is 0 Å². The van der Waals surface area contributed by atoms with Gasteiger partial charge in [0.2, 0.25) is 0 Å². The number of benzene rings is 1. The zero-order valence-electron chi connectivity index (χ0n) is 6.77. The largest absolute Gasteiger partial charge is 0.772 e. The number of hydrogen-bond acceptors (Lipinski definition) is 4. The number of aliphatic hydroxyl groups is 1. The van der Waals surface area contributed by atoms with Crippen molar-refractivity contribution in [2.45, 2.75) is 12.4 Å². The van der Waals surface area contributed by atoms with Crippen LogP contribution in [0.15, 0.2) is 18.2 Å². The van der Waals surface area contributed by atoms with E-state index in [9.17, 15) is 13.9 Å². The van der Waals surface area contributed by atoms with Crippen LogP contribution in [0.2, 0.25) is 0 Å². The van der Waals surface area contributed by atoms with Crippen LogP contribution in [0, 0.1) is 0 Å². The van der Waals surface area contributed by atoms with E-state index >= 15 is 0 Å². The van der Waals surface area contributed by atoms with Crippen LogP contribution in [-0.4, -0.2) is 19.0 Å². The summed E-state index contributed by atoms with van der Waals surface area (Å²) in [7, 11) is 0. The van der Waals surface area contributed by atoms with Crippen LogP contribution in [-0.2, 0) is 23.4 Å². The molecule has 0 saturated carbocycles. The van der Waals surface area contributed by atoms with Gasteiger partial charge in [-0.15, -0.1) is 0 Å². The summed E-state index contributed by atoms with van der Waals surface area (Å²) in [5, 5.41) is 18.0. The first-order valence-corrected chi connectivity index (χ1v) is 4.85. The van der Waals surface area contributed by atoms with Crippen LogP contribution in [0.5, 0.6) is 5.75 Å². The molecule has 0 heterocycles. The number of aromatic hydroxyl groups is 1. The molecule has 1 aromatic carbocycles. The summed E-state index contributed by atoms with van der Waals surface area (Å²) in [5.41, 5.74) is 0.892. The van der Waals surface area contributed by atoms with Crippen LogP contribution in [0.1, 0.15) is 11.1 Å². The monoisotopic (exact) mass is 201 g/mol. The molecule has 13 heavy (non-hydrogen) atoms. The lowest BCUT2D eigenvalue weighted by Gasteiger charge is -2.07. The van der Waals surface area contributed by atoms with Gasteiger partial charge in [0.05, 0.1) is 6.61 Å². The maximum atomic E-state index is 10.3. The molecule has 1 aromatic rings. The van der Waals surface area contributed by atoms with Crippen LogP contribution >= 0.6 is 0 Å². The van der Waals surface area contributed by atoms with Crippen molar-refractivity contribution in [3.63, 3.8) is 0 Å². The van der Waals surface area contributed by atoms with Crippen LogP contribution < -0.4 is 0 Å². The van der Waals surface area contributed by atoms with E-state index in [-0.39, 0.29) is 18.1 Å². The van der Waals surface area contributed by atoms with Crippen molar-refractivity contribution in [1.82, 2.24) is 0 Å². The van der Waals surface area contributed by atoms with E-state index < -0.39 is 11.1 Å². The lowest BCUT2D eigenvalue weighted by atomic mass is 10.1. The Morgan fingerprint density at radius 3 is 2.62 bits per heavy atom. The molecule has 0 spiro atoms. The van der Waals surface area contributed by atoms with Gasteiger partial charge in [-0.25, -0.2) is 0 Å². The van der Waals surface area contributed by atoms with Crippen molar-refractivity contribution >= 4 is 11.1 Å². The number of phenols is 1. The van der Waals surface area contributed by atoms with Crippen molar-refractivity contribution in [1.29, 1.82) is 0 Å². The Bertz CT molecular complexity index is 324. The molecule has 5 heteroatoms. The van der Waals surface area contributed by atoms with Gasteiger partial charge in [0, 0.05) is 11.3 Å². The SMILES string of the molecule is O=S([O-])Cc1ccc(CO)c(O)c1. The average Bonchev–Trinajstić information content (AvgIpc) is 2.03.